The Balaban J connectivity index is 2.16. The molecular weight excluding hydrogens is 229 g/mol. The highest BCUT2D eigenvalue weighted by atomic mass is 19.1. The predicted molar refractivity (Wildman–Crippen MR) is 71.1 cm³/mol. The van der Waals surface area contributed by atoms with Crippen LogP contribution in [0.2, 0.25) is 0 Å². The Kier molecular flexibility index (Phi) is 7.23. The quantitative estimate of drug-likeness (QED) is 0.476. The van der Waals surface area contributed by atoms with Crippen molar-refractivity contribution in [3.63, 3.8) is 0 Å². The van der Waals surface area contributed by atoms with Crippen molar-refractivity contribution in [3.05, 3.63) is 29.8 Å². The van der Waals surface area contributed by atoms with Crippen LogP contribution in [0.4, 0.5) is 4.39 Å². The van der Waals surface area contributed by atoms with Crippen molar-refractivity contribution in [2.45, 2.75) is 58.3 Å². The minimum atomic E-state index is -0.509. The molecule has 0 amide bonds. The first kappa shape index (κ1) is 14.8. The summed E-state index contributed by atoms with van der Waals surface area (Å²) in [6.45, 7) is 2.19. The Morgan fingerprint density at radius 2 is 1.83 bits per heavy atom. The second-order valence-electron chi connectivity index (χ2n) is 4.63. The van der Waals surface area contributed by atoms with Crippen LogP contribution in [0.3, 0.4) is 0 Å². The number of ketones is 1. The van der Waals surface area contributed by atoms with Gasteiger partial charge in [-0.15, -0.1) is 0 Å². The van der Waals surface area contributed by atoms with Crippen LogP contribution < -0.4 is 0 Å². The summed E-state index contributed by atoms with van der Waals surface area (Å²) in [6.07, 6.45) is 9.96. The van der Waals surface area contributed by atoms with E-state index >= 15 is 0 Å². The van der Waals surface area contributed by atoms with Gasteiger partial charge in [0.25, 0.3) is 0 Å². The SMILES string of the molecule is CCCCCCCCCC(=O)c1ncccc1F. The number of hydrogen-bond acceptors (Lipinski definition) is 2. The molecule has 3 heteroatoms. The van der Waals surface area contributed by atoms with E-state index in [1.54, 1.807) is 0 Å². The Labute approximate surface area is 109 Å². The van der Waals surface area contributed by atoms with E-state index in [4.69, 9.17) is 0 Å². The van der Waals surface area contributed by atoms with Gasteiger partial charge in [0.1, 0.15) is 5.69 Å². The highest BCUT2D eigenvalue weighted by Gasteiger charge is 2.11. The Morgan fingerprint density at radius 3 is 2.50 bits per heavy atom. The third-order valence-corrected chi connectivity index (χ3v) is 3.03. The minimum Gasteiger partial charge on any atom is -0.292 e. The molecule has 0 radical (unpaired) electrons. The summed E-state index contributed by atoms with van der Waals surface area (Å²) < 4.78 is 13.3. The number of carbonyl (C=O) groups excluding carboxylic acids is 1. The Bertz CT molecular complexity index is 365. The molecule has 1 aromatic rings. The molecule has 1 aromatic heterocycles. The predicted octanol–water partition coefficient (Wildman–Crippen LogP) is 4.54. The van der Waals surface area contributed by atoms with Gasteiger partial charge in [0, 0.05) is 12.6 Å². The molecule has 0 aliphatic heterocycles. The van der Waals surface area contributed by atoms with Gasteiger partial charge in [-0.25, -0.2) is 4.39 Å². The molecule has 100 valence electrons. The van der Waals surface area contributed by atoms with Gasteiger partial charge >= 0.3 is 0 Å². The van der Waals surface area contributed by atoms with E-state index in [9.17, 15) is 9.18 Å². The number of nitrogens with zero attached hydrogens (tertiary/aromatic N) is 1. The zero-order valence-electron chi connectivity index (χ0n) is 11.1. The highest BCUT2D eigenvalue weighted by molar-refractivity contribution is 5.94. The van der Waals surface area contributed by atoms with Crippen molar-refractivity contribution >= 4 is 5.78 Å². The number of halogens is 1. The summed E-state index contributed by atoms with van der Waals surface area (Å²) in [6, 6.07) is 2.78. The number of rotatable bonds is 9. The first-order valence-corrected chi connectivity index (χ1v) is 6.89. The third-order valence-electron chi connectivity index (χ3n) is 3.03. The van der Waals surface area contributed by atoms with E-state index < -0.39 is 5.82 Å². The number of carbonyl (C=O) groups is 1. The van der Waals surface area contributed by atoms with Gasteiger partial charge in [-0.3, -0.25) is 9.78 Å². The van der Waals surface area contributed by atoms with E-state index in [0.29, 0.717) is 6.42 Å². The molecule has 0 N–H and O–H groups in total. The molecule has 0 spiro atoms. The smallest absolute Gasteiger partial charge is 0.184 e. The summed E-state index contributed by atoms with van der Waals surface area (Å²) in [5, 5.41) is 0. The normalized spacial score (nSPS) is 10.6. The van der Waals surface area contributed by atoms with Crippen LogP contribution in [0.25, 0.3) is 0 Å². The van der Waals surface area contributed by atoms with Crippen LogP contribution in [0.5, 0.6) is 0 Å². The average molecular weight is 251 g/mol. The fourth-order valence-corrected chi connectivity index (χ4v) is 1.95. The van der Waals surface area contributed by atoms with E-state index in [1.807, 2.05) is 0 Å². The molecule has 0 unspecified atom stereocenters. The number of unbranched alkanes of at least 4 members (excludes halogenated alkanes) is 6. The molecule has 18 heavy (non-hydrogen) atoms. The minimum absolute atomic E-state index is 0.0107. The summed E-state index contributed by atoms with van der Waals surface area (Å²) >= 11 is 0. The van der Waals surface area contributed by atoms with Crippen LogP contribution in [0, 0.1) is 5.82 Å². The van der Waals surface area contributed by atoms with E-state index in [0.717, 1.165) is 19.3 Å². The van der Waals surface area contributed by atoms with Gasteiger partial charge in [-0.2, -0.15) is 0 Å². The molecule has 0 saturated carbocycles. The second kappa shape index (κ2) is 8.78. The van der Waals surface area contributed by atoms with Gasteiger partial charge in [-0.05, 0) is 18.6 Å². The molecule has 0 fully saturated rings. The molecule has 1 rings (SSSR count). The number of Topliss-reactive ketones (excluding diaryl/α,β-unsaturated/α-hetero) is 1. The summed E-state index contributed by atoms with van der Waals surface area (Å²) in [5.41, 5.74) is -0.0107. The van der Waals surface area contributed by atoms with E-state index in [1.165, 1.54) is 44.0 Å². The van der Waals surface area contributed by atoms with Gasteiger partial charge in [-0.1, -0.05) is 45.4 Å². The zero-order chi connectivity index (χ0) is 13.2. The highest BCUT2D eigenvalue weighted by Crippen LogP contribution is 2.12. The van der Waals surface area contributed by atoms with Gasteiger partial charge in [0.2, 0.25) is 0 Å². The molecule has 0 aliphatic rings. The summed E-state index contributed by atoms with van der Waals surface area (Å²) in [4.78, 5) is 15.5. The average Bonchev–Trinajstić information content (AvgIpc) is 2.38. The van der Waals surface area contributed by atoms with Crippen molar-refractivity contribution in [2.75, 3.05) is 0 Å². The maximum absolute atomic E-state index is 13.3. The number of pyridine rings is 1. The van der Waals surface area contributed by atoms with Crippen LogP contribution >= 0.6 is 0 Å². The van der Waals surface area contributed by atoms with Crippen molar-refractivity contribution in [1.29, 1.82) is 0 Å². The monoisotopic (exact) mass is 251 g/mol. The lowest BCUT2D eigenvalue weighted by atomic mass is 10.1. The zero-order valence-corrected chi connectivity index (χ0v) is 11.1. The van der Waals surface area contributed by atoms with Gasteiger partial charge in [0.05, 0.1) is 0 Å². The molecule has 0 aliphatic carbocycles. The van der Waals surface area contributed by atoms with Crippen molar-refractivity contribution in [2.24, 2.45) is 0 Å². The number of hydrogen-bond donors (Lipinski definition) is 0. The van der Waals surface area contributed by atoms with Crippen LogP contribution in [-0.4, -0.2) is 10.8 Å². The molecule has 2 nitrogen and oxygen atoms in total. The van der Waals surface area contributed by atoms with Crippen LogP contribution in [-0.2, 0) is 0 Å². The van der Waals surface area contributed by atoms with Crippen molar-refractivity contribution < 1.29 is 9.18 Å². The number of aromatic nitrogens is 1. The molecule has 0 aromatic carbocycles. The van der Waals surface area contributed by atoms with E-state index in [-0.39, 0.29) is 11.5 Å². The fraction of sp³-hybridized carbons (Fsp3) is 0.600. The standard InChI is InChI=1S/C15H22FNO/c1-2-3-4-5-6-7-8-11-14(18)15-13(16)10-9-12-17-15/h9-10,12H,2-8,11H2,1H3. The lowest BCUT2D eigenvalue weighted by Crippen LogP contribution is -2.04. The molecule has 0 atom stereocenters. The summed E-state index contributed by atoms with van der Waals surface area (Å²) in [7, 11) is 0. The Morgan fingerprint density at radius 1 is 1.17 bits per heavy atom. The topological polar surface area (TPSA) is 30.0 Å². The lowest BCUT2D eigenvalue weighted by Gasteiger charge is -2.02. The molecule has 0 saturated heterocycles. The summed E-state index contributed by atoms with van der Waals surface area (Å²) in [5.74, 6) is -0.688. The lowest BCUT2D eigenvalue weighted by molar-refractivity contribution is 0.0970. The van der Waals surface area contributed by atoms with Crippen molar-refractivity contribution in [1.82, 2.24) is 4.98 Å². The van der Waals surface area contributed by atoms with Crippen molar-refractivity contribution in [3.8, 4) is 0 Å². The van der Waals surface area contributed by atoms with E-state index in [2.05, 4.69) is 11.9 Å². The molecule has 1 heterocycles. The molecular formula is C15H22FNO. The van der Waals surface area contributed by atoms with Crippen LogP contribution in [0.1, 0.15) is 68.8 Å². The first-order chi connectivity index (χ1) is 8.75. The fourth-order valence-electron chi connectivity index (χ4n) is 1.95. The second-order valence-corrected chi connectivity index (χ2v) is 4.63. The first-order valence-electron chi connectivity index (χ1n) is 6.89. The van der Waals surface area contributed by atoms with Gasteiger partial charge < -0.3 is 0 Å². The molecule has 0 bridgehead atoms. The largest absolute Gasteiger partial charge is 0.292 e. The third kappa shape index (κ3) is 5.39. The maximum Gasteiger partial charge on any atom is 0.184 e. The maximum atomic E-state index is 13.3. The van der Waals surface area contributed by atoms with Crippen LogP contribution in [0.15, 0.2) is 18.3 Å². The van der Waals surface area contributed by atoms with Gasteiger partial charge in [0.15, 0.2) is 11.6 Å². The Hall–Kier alpha value is -1.25.